The number of fused-ring (bicyclic) bond motifs is 1. The van der Waals surface area contributed by atoms with Crippen LogP contribution in [0.5, 0.6) is 0 Å². The van der Waals surface area contributed by atoms with Gasteiger partial charge in [-0.25, -0.2) is 9.48 Å². The lowest BCUT2D eigenvalue weighted by molar-refractivity contribution is 0.0675. The summed E-state index contributed by atoms with van der Waals surface area (Å²) in [6, 6.07) is 0. The molecule has 2 rings (SSSR count). The maximum Gasteiger partial charge on any atom is 0.345 e. The predicted molar refractivity (Wildman–Crippen MR) is 65.5 cm³/mol. The molecule has 0 saturated carbocycles. The Bertz CT molecular complexity index is 426. The lowest BCUT2D eigenvalue weighted by atomic mass is 10.4. The Morgan fingerprint density at radius 3 is 3.06 bits per heavy atom. The third-order valence-corrected chi connectivity index (χ3v) is 2.89. The molecule has 0 aliphatic carbocycles. The van der Waals surface area contributed by atoms with E-state index in [-0.39, 0.29) is 5.69 Å². The number of aryl methyl sites for hydroxylation is 1. The summed E-state index contributed by atoms with van der Waals surface area (Å²) in [5.74, 6) is 0.826. The first kappa shape index (κ1) is 13.3. The van der Waals surface area contributed by atoms with Crippen LogP contribution in [0.25, 0.3) is 0 Å². The molecule has 1 N–H and O–H groups in total. The van der Waals surface area contributed by atoms with Crippen LogP contribution in [-0.2, 0) is 29.1 Å². The Morgan fingerprint density at radius 2 is 2.28 bits per heavy atom. The zero-order valence-corrected chi connectivity index (χ0v) is 10.7. The van der Waals surface area contributed by atoms with E-state index in [1.54, 1.807) is 11.7 Å². The fraction of sp³-hybridized carbons (Fsp3) is 0.818. The van der Waals surface area contributed by atoms with Crippen LogP contribution in [0.2, 0.25) is 0 Å². The van der Waals surface area contributed by atoms with Crippen molar-refractivity contribution >= 4 is 0 Å². The normalized spacial score (nSPS) is 14.7. The van der Waals surface area contributed by atoms with Gasteiger partial charge in [-0.2, -0.15) is 5.10 Å². The second kappa shape index (κ2) is 6.67. The highest BCUT2D eigenvalue weighted by atomic mass is 16.5. The molecule has 1 aliphatic heterocycles. The molecular weight excluding hydrogens is 236 g/mol. The van der Waals surface area contributed by atoms with Crippen LogP contribution in [0, 0.1) is 0 Å². The third-order valence-electron chi connectivity index (χ3n) is 2.89. The minimum absolute atomic E-state index is 0.0107. The molecule has 1 aromatic heterocycles. The summed E-state index contributed by atoms with van der Waals surface area (Å²) in [7, 11) is 1.65. The molecule has 2 heterocycles. The van der Waals surface area contributed by atoms with E-state index in [0.29, 0.717) is 39.5 Å². The zero-order valence-electron chi connectivity index (χ0n) is 10.7. The summed E-state index contributed by atoms with van der Waals surface area (Å²) in [4.78, 5) is 12.0. The molecule has 0 spiro atoms. The SMILES string of the molecule is COCCOCCCn1nc2n(c1=O)CCNC2. The second-order valence-corrected chi connectivity index (χ2v) is 4.21. The highest BCUT2D eigenvalue weighted by Gasteiger charge is 2.15. The Morgan fingerprint density at radius 1 is 1.39 bits per heavy atom. The quantitative estimate of drug-likeness (QED) is 0.647. The van der Waals surface area contributed by atoms with Crippen molar-refractivity contribution in [3.05, 3.63) is 16.3 Å². The number of rotatable bonds is 7. The van der Waals surface area contributed by atoms with Crippen LogP contribution in [0.3, 0.4) is 0 Å². The minimum atomic E-state index is -0.0107. The molecule has 1 aliphatic rings. The van der Waals surface area contributed by atoms with E-state index in [1.807, 2.05) is 0 Å². The maximum absolute atomic E-state index is 12.0. The third kappa shape index (κ3) is 3.18. The monoisotopic (exact) mass is 256 g/mol. The summed E-state index contributed by atoms with van der Waals surface area (Å²) in [5, 5.41) is 7.51. The summed E-state index contributed by atoms with van der Waals surface area (Å²) in [6.07, 6.45) is 0.785. The van der Waals surface area contributed by atoms with Crippen LogP contribution in [0.15, 0.2) is 4.79 Å². The van der Waals surface area contributed by atoms with Crippen LogP contribution in [0.4, 0.5) is 0 Å². The Balaban J connectivity index is 1.79. The molecule has 0 aromatic carbocycles. The van der Waals surface area contributed by atoms with Gasteiger partial charge in [-0.15, -0.1) is 0 Å². The van der Waals surface area contributed by atoms with E-state index in [0.717, 1.165) is 18.8 Å². The number of nitrogens with zero attached hydrogens (tertiary/aromatic N) is 3. The van der Waals surface area contributed by atoms with Gasteiger partial charge in [-0.05, 0) is 6.42 Å². The lowest BCUT2D eigenvalue weighted by Gasteiger charge is -2.11. The first-order valence-electron chi connectivity index (χ1n) is 6.27. The average molecular weight is 256 g/mol. The fourth-order valence-electron chi connectivity index (χ4n) is 1.94. The van der Waals surface area contributed by atoms with Crippen molar-refractivity contribution in [1.29, 1.82) is 0 Å². The van der Waals surface area contributed by atoms with Gasteiger partial charge in [0.15, 0.2) is 0 Å². The van der Waals surface area contributed by atoms with Crippen LogP contribution in [0.1, 0.15) is 12.2 Å². The molecule has 0 bridgehead atoms. The molecule has 1 aromatic rings. The summed E-state index contributed by atoms with van der Waals surface area (Å²) >= 11 is 0. The Kier molecular flexibility index (Phi) is 4.91. The highest BCUT2D eigenvalue weighted by molar-refractivity contribution is 4.90. The second-order valence-electron chi connectivity index (χ2n) is 4.21. The summed E-state index contributed by atoms with van der Waals surface area (Å²) < 4.78 is 13.5. The zero-order chi connectivity index (χ0) is 12.8. The number of hydrogen-bond donors (Lipinski definition) is 1. The first-order chi connectivity index (χ1) is 8.83. The largest absolute Gasteiger partial charge is 0.382 e. The van der Waals surface area contributed by atoms with E-state index >= 15 is 0 Å². The van der Waals surface area contributed by atoms with Crippen molar-refractivity contribution in [2.45, 2.75) is 26.1 Å². The number of ether oxygens (including phenoxy) is 2. The van der Waals surface area contributed by atoms with Gasteiger partial charge in [0.25, 0.3) is 0 Å². The molecule has 0 fully saturated rings. The van der Waals surface area contributed by atoms with Gasteiger partial charge in [-0.3, -0.25) is 4.57 Å². The van der Waals surface area contributed by atoms with Crippen molar-refractivity contribution < 1.29 is 9.47 Å². The van der Waals surface area contributed by atoms with E-state index in [1.165, 1.54) is 4.68 Å². The lowest BCUT2D eigenvalue weighted by Crippen LogP contribution is -2.34. The van der Waals surface area contributed by atoms with Crippen LogP contribution >= 0.6 is 0 Å². The van der Waals surface area contributed by atoms with Gasteiger partial charge < -0.3 is 14.8 Å². The molecule has 102 valence electrons. The fourth-order valence-corrected chi connectivity index (χ4v) is 1.94. The number of nitrogens with one attached hydrogen (secondary N) is 1. The van der Waals surface area contributed by atoms with Crippen molar-refractivity contribution in [3.8, 4) is 0 Å². The van der Waals surface area contributed by atoms with E-state index < -0.39 is 0 Å². The van der Waals surface area contributed by atoms with Crippen molar-refractivity contribution in [1.82, 2.24) is 19.7 Å². The van der Waals surface area contributed by atoms with Gasteiger partial charge >= 0.3 is 5.69 Å². The predicted octanol–water partition coefficient (Wildman–Crippen LogP) is -0.799. The Labute approximate surface area is 106 Å². The summed E-state index contributed by atoms with van der Waals surface area (Å²) in [5.41, 5.74) is -0.0107. The number of hydrogen-bond acceptors (Lipinski definition) is 5. The molecular formula is C11H20N4O3. The van der Waals surface area contributed by atoms with Crippen molar-refractivity contribution in [2.24, 2.45) is 0 Å². The topological polar surface area (TPSA) is 70.3 Å². The number of aromatic nitrogens is 3. The minimum Gasteiger partial charge on any atom is -0.382 e. The molecule has 0 amide bonds. The van der Waals surface area contributed by atoms with Crippen LogP contribution < -0.4 is 11.0 Å². The van der Waals surface area contributed by atoms with E-state index in [2.05, 4.69) is 10.4 Å². The molecule has 18 heavy (non-hydrogen) atoms. The molecule has 7 nitrogen and oxygen atoms in total. The van der Waals surface area contributed by atoms with Gasteiger partial charge in [0.1, 0.15) is 5.82 Å². The molecule has 0 unspecified atom stereocenters. The molecule has 0 saturated heterocycles. The van der Waals surface area contributed by atoms with E-state index in [4.69, 9.17) is 9.47 Å². The first-order valence-corrected chi connectivity index (χ1v) is 6.27. The highest BCUT2D eigenvalue weighted by Crippen LogP contribution is 1.98. The maximum atomic E-state index is 12.0. The summed E-state index contributed by atoms with van der Waals surface area (Å²) in [6.45, 7) is 4.63. The Hall–Kier alpha value is -1.18. The van der Waals surface area contributed by atoms with Crippen molar-refractivity contribution in [3.63, 3.8) is 0 Å². The van der Waals surface area contributed by atoms with Gasteiger partial charge in [0.2, 0.25) is 0 Å². The van der Waals surface area contributed by atoms with E-state index in [9.17, 15) is 4.79 Å². The van der Waals surface area contributed by atoms with Gasteiger partial charge in [-0.1, -0.05) is 0 Å². The smallest absolute Gasteiger partial charge is 0.345 e. The molecule has 0 radical (unpaired) electrons. The van der Waals surface area contributed by atoms with Gasteiger partial charge in [0, 0.05) is 33.4 Å². The van der Waals surface area contributed by atoms with Crippen molar-refractivity contribution in [2.75, 3.05) is 33.5 Å². The standard InChI is InChI=1S/C11H20N4O3/c1-17-7-8-18-6-2-4-15-11(16)14-5-3-12-9-10(14)13-15/h12H,2-9H2,1H3. The van der Waals surface area contributed by atoms with Gasteiger partial charge in [0.05, 0.1) is 19.8 Å². The average Bonchev–Trinajstić information content (AvgIpc) is 2.71. The number of methoxy groups -OCH3 is 1. The molecule has 7 heteroatoms. The molecule has 0 atom stereocenters. The van der Waals surface area contributed by atoms with Crippen LogP contribution in [-0.4, -0.2) is 47.8 Å².